The van der Waals surface area contributed by atoms with Gasteiger partial charge in [0.25, 0.3) is 0 Å². The van der Waals surface area contributed by atoms with E-state index in [2.05, 4.69) is 117 Å². The van der Waals surface area contributed by atoms with Crippen LogP contribution in [0, 0.1) is 88.3 Å². The minimum Gasteiger partial charge on any atom is -0.424 e. The molecule has 0 saturated heterocycles. The quantitative estimate of drug-likeness (QED) is 0.0431. The molecule has 9 aliphatic carbocycles. The summed E-state index contributed by atoms with van der Waals surface area (Å²) in [6.07, 6.45) is 26.9. The molecule has 6 N–H and O–H groups in total. The number of benzene rings is 3. The Morgan fingerprint density at radius 1 is 0.646 bits per heavy atom. The van der Waals surface area contributed by atoms with E-state index in [-0.39, 0.29) is 0 Å². The predicted octanol–water partition coefficient (Wildman–Crippen LogP) is 14.9. The number of fused-ring (bicyclic) bond motifs is 5. The Morgan fingerprint density at radius 3 is 1.29 bits per heavy atom. The van der Waals surface area contributed by atoms with Crippen molar-refractivity contribution in [3.8, 4) is 24.7 Å². The fraction of sp³-hybridized carbons (Fsp3) is 0.594. The molecule has 15 heteroatoms. The summed E-state index contributed by atoms with van der Waals surface area (Å²) in [5.74, 6) is 15.8. The van der Waals surface area contributed by atoms with Gasteiger partial charge in [0.2, 0.25) is 20.0 Å². The number of rotatable bonds is 8. The van der Waals surface area contributed by atoms with Crippen molar-refractivity contribution in [3.05, 3.63) is 107 Å². The third-order valence-corrected chi connectivity index (χ3v) is 18.4. The molecule has 79 heavy (non-hydrogen) atoms. The molecule has 3 radical (unpaired) electrons. The summed E-state index contributed by atoms with van der Waals surface area (Å²) < 4.78 is 48.1. The summed E-state index contributed by atoms with van der Waals surface area (Å²) in [4.78, 5) is 0. The maximum Gasteiger partial charge on any atom is 0.480 e. The summed E-state index contributed by atoms with van der Waals surface area (Å²) in [5.41, 5.74) is 13.0. The highest BCUT2D eigenvalue weighted by molar-refractivity contribution is 7.92. The topological polar surface area (TPSA) is 159 Å². The number of sulfonamides is 2. The van der Waals surface area contributed by atoms with Crippen molar-refractivity contribution in [1.82, 2.24) is 0 Å². The van der Waals surface area contributed by atoms with Crippen LogP contribution in [0.2, 0.25) is 18.5 Å². The van der Waals surface area contributed by atoms with E-state index >= 15 is 0 Å². The number of thiol groups is 1. The largest absolute Gasteiger partial charge is 0.480 e. The van der Waals surface area contributed by atoms with Crippen LogP contribution in [0.3, 0.4) is 0 Å². The highest BCUT2D eigenvalue weighted by Crippen LogP contribution is 2.68. The Hall–Kier alpha value is -3.98. The van der Waals surface area contributed by atoms with Gasteiger partial charge in [0, 0.05) is 28.2 Å². The predicted molar refractivity (Wildman–Crippen MR) is 352 cm³/mol. The maximum atomic E-state index is 10.9. The van der Waals surface area contributed by atoms with Crippen LogP contribution in [0.15, 0.2) is 90.4 Å². The fourth-order valence-corrected chi connectivity index (χ4v) is 13.5. The van der Waals surface area contributed by atoms with Gasteiger partial charge in [0.1, 0.15) is 7.28 Å². The van der Waals surface area contributed by atoms with Gasteiger partial charge in [-0.15, -0.1) is 12.8 Å². The van der Waals surface area contributed by atoms with Crippen LogP contribution < -0.4 is 15.2 Å². The Kier molecular flexibility index (Phi) is 33.3. The van der Waals surface area contributed by atoms with Crippen molar-refractivity contribution in [2.24, 2.45) is 63.6 Å². The zero-order chi connectivity index (χ0) is 61.3. The van der Waals surface area contributed by atoms with Gasteiger partial charge in [-0.1, -0.05) is 176 Å². The van der Waals surface area contributed by atoms with E-state index in [4.69, 9.17) is 28.6 Å². The first-order chi connectivity index (χ1) is 37.0. The summed E-state index contributed by atoms with van der Waals surface area (Å²) in [6.45, 7) is 35.9. The molecule has 0 aliphatic heterocycles. The van der Waals surface area contributed by atoms with E-state index in [1.54, 1.807) is 72.5 Å². The lowest BCUT2D eigenvalue weighted by Crippen LogP contribution is -2.57. The number of nitrogens with two attached hydrogens (primary N) is 1. The van der Waals surface area contributed by atoms with E-state index in [1.807, 2.05) is 53.7 Å². The molecule has 10 atom stereocenters. The average molecular weight is 1140 g/mol. The van der Waals surface area contributed by atoms with Gasteiger partial charge in [-0.05, 0) is 169 Å². The third-order valence-electron chi connectivity index (χ3n) is 17.2. The van der Waals surface area contributed by atoms with Crippen molar-refractivity contribution in [2.75, 3.05) is 33.9 Å². The van der Waals surface area contributed by atoms with Crippen LogP contribution in [0.5, 0.6) is 0 Å². The second kappa shape index (κ2) is 35.1. The molecular weight excluding hydrogens is 1040 g/mol. The third kappa shape index (κ3) is 22.7. The molecule has 9 nitrogen and oxygen atoms in total. The van der Waals surface area contributed by atoms with E-state index in [0.29, 0.717) is 27.6 Å². The van der Waals surface area contributed by atoms with E-state index in [0.717, 1.165) is 93.9 Å². The smallest absolute Gasteiger partial charge is 0.424 e. The minimum atomic E-state index is -3.26. The molecule has 9 aliphatic rings. The Labute approximate surface area is 492 Å². The van der Waals surface area contributed by atoms with Gasteiger partial charge in [0.15, 0.2) is 0 Å². The molecule has 4 unspecified atom stereocenters. The van der Waals surface area contributed by atoms with Crippen LogP contribution in [-0.2, 0) is 20.0 Å². The molecule has 7 saturated carbocycles. The van der Waals surface area contributed by atoms with Crippen molar-refractivity contribution in [2.45, 2.75) is 161 Å². The highest BCUT2D eigenvalue weighted by Gasteiger charge is 2.59. The molecule has 3 aromatic rings. The zero-order valence-electron chi connectivity index (χ0n) is 51.9. The number of allylic oxidation sites excluding steroid dienone is 2. The summed E-state index contributed by atoms with van der Waals surface area (Å²) in [5, 5.41) is 17.2. The fourth-order valence-electron chi connectivity index (χ4n) is 12.4. The van der Waals surface area contributed by atoms with Crippen molar-refractivity contribution in [3.63, 3.8) is 0 Å². The number of hydrogen-bond donors (Lipinski definition) is 6. The first kappa shape index (κ1) is 75.0. The molecule has 0 aromatic heterocycles. The van der Waals surface area contributed by atoms with Crippen LogP contribution in [0.1, 0.15) is 159 Å². The summed E-state index contributed by atoms with van der Waals surface area (Å²) >= 11 is 3.53. The van der Waals surface area contributed by atoms with Crippen molar-refractivity contribution < 1.29 is 26.9 Å². The number of anilines is 3. The van der Waals surface area contributed by atoms with Gasteiger partial charge < -0.3 is 15.8 Å². The molecular formula is C64H103B3N3O6S3. The Balaban J connectivity index is 0.000000950. The highest BCUT2D eigenvalue weighted by atomic mass is 32.2. The first-order valence-corrected chi connectivity index (χ1v) is 33.3. The molecule has 6 bridgehead atoms. The molecule has 0 heterocycles. The average Bonchev–Trinajstić information content (AvgIpc) is 3.42. The first-order valence-electron chi connectivity index (χ1n) is 28.6. The van der Waals surface area contributed by atoms with Crippen LogP contribution in [0.25, 0.3) is 6.08 Å². The Bertz CT molecular complexity index is 2550. The van der Waals surface area contributed by atoms with Crippen LogP contribution in [0.4, 0.5) is 17.1 Å². The van der Waals surface area contributed by atoms with Crippen LogP contribution >= 0.6 is 12.6 Å². The molecule has 7 fully saturated rings. The molecule has 12 rings (SSSR count). The lowest BCUT2D eigenvalue weighted by molar-refractivity contribution is -0.106. The second-order valence-electron chi connectivity index (χ2n) is 22.6. The molecule has 437 valence electrons. The number of hydrogen-bond acceptors (Lipinski definition) is 8. The second-order valence-corrected chi connectivity index (χ2v) is 26.0. The maximum absolute atomic E-state index is 10.9. The molecule has 0 spiro atoms. The van der Waals surface area contributed by atoms with E-state index in [1.165, 1.54) is 57.4 Å². The lowest BCUT2D eigenvalue weighted by Gasteiger charge is -2.65. The summed E-state index contributed by atoms with van der Waals surface area (Å²) in [6, 6.07) is 20.3. The molecule has 0 amide bonds. The van der Waals surface area contributed by atoms with Crippen molar-refractivity contribution in [1.29, 1.82) is 0 Å². The van der Waals surface area contributed by atoms with Gasteiger partial charge in [-0.2, -0.15) is 12.6 Å². The number of nitrogen functional groups attached to an aromatic ring is 1. The Morgan fingerprint density at radius 2 is 1.01 bits per heavy atom. The monoisotopic (exact) mass is 1140 g/mol. The van der Waals surface area contributed by atoms with Gasteiger partial charge in [-0.25, -0.2) is 16.8 Å². The van der Waals surface area contributed by atoms with Gasteiger partial charge in [-0.3, -0.25) is 9.44 Å². The van der Waals surface area contributed by atoms with Crippen LogP contribution in [-0.4, -0.2) is 67.9 Å². The minimum absolute atomic E-state index is 0.462. The summed E-state index contributed by atoms with van der Waals surface area (Å²) in [7, 11) is -0.595. The van der Waals surface area contributed by atoms with Crippen molar-refractivity contribution >= 4 is 78.1 Å². The lowest BCUT2D eigenvalue weighted by atomic mass is 9.31. The number of terminal acetylenes is 2. The zero-order valence-corrected chi connectivity index (χ0v) is 54.5. The standard InChI is InChI=1S/C20H34B.C10H16.C9H12BNO4S.C9H9NO2S.C8H7N.3C2H6.CH3B.CH4S/c1-11-15-7-13(19(15,3)4)9-17(11)21-18-10-14-8-16(12(18)2)20(14,5)6;1-7-4-5-8-6-9(7)10(8,2)3;1-16(14,15)11-9-4-2-8(3-5-9)6-7-10(12)13;1-3-8-4-6-9(7-5-8)10-13(2,11)12;1-2-7-3-5-8(9)6-4-7;5*1-2/h11-18H,7-10H2,1-6H3;4,8-9H,5-6H2,1-3H3;2-7,11-13H,1H3;1,4-7,10H,2H3;1,3-6H,9H2;3*1-2H3;1H3;2H,1H3/b;;7-6+;;;;;;;/t11?,12?,13-,14-,15+,16+,17?,18?;8-,9-;;;;;;;;/m01......../s1. The van der Waals surface area contributed by atoms with Gasteiger partial charge in [0.05, 0.1) is 20.4 Å². The molecule has 3 aromatic carbocycles. The number of nitrogens with one attached hydrogen (secondary N) is 2. The van der Waals surface area contributed by atoms with E-state index in [9.17, 15) is 16.8 Å². The SMILES string of the molecule is C#Cc1ccc(N)cc1.C#Cc1ccc(NS(C)(=O)=O)cc1.CC.CC.CC.CC1=CC[C@@H]2C[C@H]1C2(C)C.CC1C([B]C2C[C@@H]3C[C@H](C2C)C3(C)C)C[C@@H]2C[C@H]1C2(C)C.CS.CS(=O)(=O)Nc1ccc(/C=C/B(O)O)cc1.[B]C. The normalized spacial score (nSPS) is 25.6. The van der Waals surface area contributed by atoms with E-state index < -0.39 is 27.2 Å². The van der Waals surface area contributed by atoms with Gasteiger partial charge >= 0.3 is 7.12 Å².